The summed E-state index contributed by atoms with van der Waals surface area (Å²) in [6, 6.07) is 2.82. The van der Waals surface area contributed by atoms with Gasteiger partial charge >= 0.3 is 6.18 Å². The van der Waals surface area contributed by atoms with Gasteiger partial charge in [-0.3, -0.25) is 4.79 Å². The van der Waals surface area contributed by atoms with Gasteiger partial charge in [0.05, 0.1) is 21.7 Å². The van der Waals surface area contributed by atoms with Crippen molar-refractivity contribution in [3.63, 3.8) is 0 Å². The summed E-state index contributed by atoms with van der Waals surface area (Å²) in [5.41, 5.74) is 4.24. The van der Waals surface area contributed by atoms with Crippen LogP contribution < -0.4 is 11.1 Å². The van der Waals surface area contributed by atoms with Crippen molar-refractivity contribution < 1.29 is 18.0 Å². The number of carbonyl (C=O) groups is 1. The van der Waals surface area contributed by atoms with Gasteiger partial charge < -0.3 is 11.1 Å². The quantitative estimate of drug-likeness (QED) is 0.899. The third-order valence-corrected chi connectivity index (χ3v) is 3.58. The Bertz CT molecular complexity index is 512. The van der Waals surface area contributed by atoms with Gasteiger partial charge in [0.15, 0.2) is 0 Å². The van der Waals surface area contributed by atoms with Crippen LogP contribution in [0.2, 0.25) is 5.02 Å². The lowest BCUT2D eigenvalue weighted by Crippen LogP contribution is -2.30. The van der Waals surface area contributed by atoms with Crippen LogP contribution in [-0.2, 0) is 11.0 Å². The van der Waals surface area contributed by atoms with Crippen molar-refractivity contribution in [1.82, 2.24) is 0 Å². The lowest BCUT2D eigenvalue weighted by Gasteiger charge is -2.15. The third kappa shape index (κ3) is 2.84. The van der Waals surface area contributed by atoms with E-state index in [1.54, 1.807) is 0 Å². The van der Waals surface area contributed by atoms with Crippen LogP contribution in [0.15, 0.2) is 18.2 Å². The molecule has 3 N–H and O–H groups in total. The van der Waals surface area contributed by atoms with Crippen molar-refractivity contribution in [3.05, 3.63) is 28.8 Å². The monoisotopic (exact) mass is 292 g/mol. The minimum Gasteiger partial charge on any atom is -0.329 e. The van der Waals surface area contributed by atoms with Crippen LogP contribution in [0.1, 0.15) is 18.4 Å². The third-order valence-electron chi connectivity index (χ3n) is 3.27. The second kappa shape index (κ2) is 4.68. The van der Waals surface area contributed by atoms with Crippen molar-refractivity contribution >= 4 is 23.2 Å². The maximum Gasteiger partial charge on any atom is 0.416 e. The number of halogens is 4. The fourth-order valence-electron chi connectivity index (χ4n) is 1.72. The maximum absolute atomic E-state index is 12.5. The molecule has 0 aliphatic heterocycles. The van der Waals surface area contributed by atoms with E-state index in [2.05, 4.69) is 5.32 Å². The fraction of sp³-hybridized carbons (Fsp3) is 0.417. The molecule has 1 aliphatic carbocycles. The molecule has 104 valence electrons. The number of benzene rings is 1. The molecule has 0 radical (unpaired) electrons. The first-order valence-corrected chi connectivity index (χ1v) is 6.04. The van der Waals surface area contributed by atoms with Crippen LogP contribution >= 0.6 is 11.6 Å². The van der Waals surface area contributed by atoms with Gasteiger partial charge in [-0.1, -0.05) is 11.6 Å². The highest BCUT2D eigenvalue weighted by molar-refractivity contribution is 6.33. The van der Waals surface area contributed by atoms with Gasteiger partial charge in [0.2, 0.25) is 5.91 Å². The lowest BCUT2D eigenvalue weighted by atomic mass is 10.1. The first kappa shape index (κ1) is 14.1. The van der Waals surface area contributed by atoms with E-state index >= 15 is 0 Å². The smallest absolute Gasteiger partial charge is 0.329 e. The van der Waals surface area contributed by atoms with Crippen molar-refractivity contribution in [3.8, 4) is 0 Å². The summed E-state index contributed by atoms with van der Waals surface area (Å²) in [4.78, 5) is 11.9. The number of nitrogens with two attached hydrogens (primary N) is 1. The summed E-state index contributed by atoms with van der Waals surface area (Å²) in [7, 11) is 0. The molecule has 0 saturated heterocycles. The van der Waals surface area contributed by atoms with Gasteiger partial charge in [0, 0.05) is 6.54 Å². The van der Waals surface area contributed by atoms with E-state index in [9.17, 15) is 18.0 Å². The average Bonchev–Trinajstić information content (AvgIpc) is 3.11. The van der Waals surface area contributed by atoms with Gasteiger partial charge in [-0.15, -0.1) is 0 Å². The Morgan fingerprint density at radius 2 is 2.05 bits per heavy atom. The predicted octanol–water partition coefficient (Wildman–Crippen LogP) is 3.04. The molecule has 0 bridgehead atoms. The summed E-state index contributed by atoms with van der Waals surface area (Å²) < 4.78 is 37.4. The van der Waals surface area contributed by atoms with E-state index in [-0.39, 0.29) is 23.2 Å². The van der Waals surface area contributed by atoms with Crippen molar-refractivity contribution in [2.45, 2.75) is 19.0 Å². The Balaban J connectivity index is 2.16. The molecular weight excluding hydrogens is 281 g/mol. The van der Waals surface area contributed by atoms with Gasteiger partial charge in [0.25, 0.3) is 0 Å². The number of alkyl halides is 3. The molecule has 1 aromatic rings. The molecule has 1 amide bonds. The largest absolute Gasteiger partial charge is 0.416 e. The Labute approximate surface area is 112 Å². The van der Waals surface area contributed by atoms with Crippen LogP contribution in [-0.4, -0.2) is 12.5 Å². The van der Waals surface area contributed by atoms with Gasteiger partial charge in [0.1, 0.15) is 0 Å². The second-order valence-corrected chi connectivity index (χ2v) is 5.04. The SMILES string of the molecule is NCC1(C(=O)Nc2ccc(C(F)(F)F)cc2Cl)CC1. The Morgan fingerprint density at radius 3 is 2.47 bits per heavy atom. The Kier molecular flexibility index (Phi) is 3.49. The molecule has 1 saturated carbocycles. The van der Waals surface area contributed by atoms with E-state index in [1.165, 1.54) is 0 Å². The summed E-state index contributed by atoms with van der Waals surface area (Å²) >= 11 is 5.75. The van der Waals surface area contributed by atoms with Crippen LogP contribution in [0.5, 0.6) is 0 Å². The molecule has 0 heterocycles. The van der Waals surface area contributed by atoms with E-state index in [1.807, 2.05) is 0 Å². The molecule has 19 heavy (non-hydrogen) atoms. The molecule has 0 spiro atoms. The highest BCUT2D eigenvalue weighted by Crippen LogP contribution is 2.45. The standard InChI is InChI=1S/C12H12ClF3N2O/c13-8-5-7(12(14,15)16)1-2-9(8)18-10(19)11(6-17)3-4-11/h1-2,5H,3-4,6,17H2,(H,18,19). The molecule has 0 atom stereocenters. The first-order valence-electron chi connectivity index (χ1n) is 5.67. The molecular formula is C12H12ClF3N2O. The summed E-state index contributed by atoms with van der Waals surface area (Å²) in [6.07, 6.45) is -3.08. The molecule has 1 aromatic carbocycles. The number of hydrogen-bond donors (Lipinski definition) is 2. The molecule has 2 rings (SSSR count). The highest BCUT2D eigenvalue weighted by atomic mass is 35.5. The maximum atomic E-state index is 12.5. The van der Waals surface area contributed by atoms with Crippen LogP contribution in [0, 0.1) is 5.41 Å². The zero-order valence-electron chi connectivity index (χ0n) is 9.85. The minimum absolute atomic E-state index is 0.143. The molecule has 1 fully saturated rings. The topological polar surface area (TPSA) is 55.1 Å². The van der Waals surface area contributed by atoms with Gasteiger partial charge in [-0.2, -0.15) is 13.2 Å². The number of amides is 1. The normalized spacial score (nSPS) is 17.1. The van der Waals surface area contributed by atoms with Crippen LogP contribution in [0.4, 0.5) is 18.9 Å². The lowest BCUT2D eigenvalue weighted by molar-refractivity contribution is -0.137. The average molecular weight is 293 g/mol. The number of hydrogen-bond acceptors (Lipinski definition) is 2. The molecule has 1 aliphatic rings. The number of rotatable bonds is 3. The van der Waals surface area contributed by atoms with Crippen molar-refractivity contribution in [1.29, 1.82) is 0 Å². The van der Waals surface area contributed by atoms with E-state index in [0.29, 0.717) is 12.8 Å². The first-order chi connectivity index (χ1) is 8.78. The number of nitrogens with one attached hydrogen (secondary N) is 1. The van der Waals surface area contributed by atoms with Crippen LogP contribution in [0.3, 0.4) is 0 Å². The fourth-order valence-corrected chi connectivity index (χ4v) is 1.95. The van der Waals surface area contributed by atoms with E-state index < -0.39 is 17.2 Å². The molecule has 7 heteroatoms. The second-order valence-electron chi connectivity index (χ2n) is 4.63. The van der Waals surface area contributed by atoms with Crippen molar-refractivity contribution in [2.24, 2.45) is 11.1 Å². The Morgan fingerprint density at radius 1 is 1.42 bits per heavy atom. The van der Waals surface area contributed by atoms with E-state index in [0.717, 1.165) is 18.2 Å². The van der Waals surface area contributed by atoms with Crippen LogP contribution in [0.25, 0.3) is 0 Å². The molecule has 0 aromatic heterocycles. The van der Waals surface area contributed by atoms with Gasteiger partial charge in [-0.25, -0.2) is 0 Å². The predicted molar refractivity (Wildman–Crippen MR) is 65.8 cm³/mol. The summed E-state index contributed by atoms with van der Waals surface area (Å²) in [5, 5.41) is 2.38. The molecule has 0 unspecified atom stereocenters. The highest BCUT2D eigenvalue weighted by Gasteiger charge is 2.48. The van der Waals surface area contributed by atoms with Gasteiger partial charge in [-0.05, 0) is 31.0 Å². The minimum atomic E-state index is -4.46. The number of carbonyl (C=O) groups excluding carboxylic acids is 1. The van der Waals surface area contributed by atoms with E-state index in [4.69, 9.17) is 17.3 Å². The van der Waals surface area contributed by atoms with Crippen molar-refractivity contribution in [2.75, 3.05) is 11.9 Å². The zero-order chi connectivity index (χ0) is 14.3. The summed E-state index contributed by atoms with van der Waals surface area (Å²) in [5.74, 6) is -0.295. The number of anilines is 1. The Hall–Kier alpha value is -1.27. The molecule has 3 nitrogen and oxygen atoms in total. The summed E-state index contributed by atoms with van der Waals surface area (Å²) in [6.45, 7) is 0.219. The zero-order valence-corrected chi connectivity index (χ0v) is 10.6.